The van der Waals surface area contributed by atoms with E-state index in [1.807, 2.05) is 167 Å². The van der Waals surface area contributed by atoms with E-state index in [1.54, 1.807) is 0 Å². The van der Waals surface area contributed by atoms with Gasteiger partial charge in [-0.2, -0.15) is 5.26 Å². The Morgan fingerprint density at radius 1 is 0.435 bits per heavy atom. The zero-order chi connectivity index (χ0) is 49.8. The minimum Gasteiger partial charge on any atom is -0.455 e. The van der Waals surface area contributed by atoms with Gasteiger partial charge in [-0.05, 0) is 66.2 Å². The highest BCUT2D eigenvalue weighted by atomic mass is 16.3. The lowest BCUT2D eigenvalue weighted by atomic mass is 9.93. The van der Waals surface area contributed by atoms with Gasteiger partial charge in [0.2, 0.25) is 5.69 Å². The molecule has 318 valence electrons. The summed E-state index contributed by atoms with van der Waals surface area (Å²) in [4.78, 5) is 4.41. The van der Waals surface area contributed by atoms with Crippen molar-refractivity contribution in [2.24, 2.45) is 0 Å². The van der Waals surface area contributed by atoms with Gasteiger partial charge < -0.3 is 22.5 Å². The Hall–Kier alpha value is -9.82. The summed E-state index contributed by atoms with van der Waals surface area (Å²) in [5.74, 6) is 0. The second-order valence-corrected chi connectivity index (χ2v) is 17.3. The highest BCUT2D eigenvalue weighted by Crippen LogP contribution is 2.53. The van der Waals surface area contributed by atoms with E-state index in [4.69, 9.17) is 12.9 Å². The molecule has 0 aliphatic heterocycles. The van der Waals surface area contributed by atoms with Crippen LogP contribution in [0.5, 0.6) is 0 Å². The third-order valence-corrected chi connectivity index (χ3v) is 14.0. The number of fused-ring (bicyclic) bond motifs is 17. The Balaban J connectivity index is 1.27. The number of hydrogen-bond acceptors (Lipinski definition) is 3. The molecule has 69 heavy (non-hydrogen) atoms. The first-order valence-electron chi connectivity index (χ1n) is 25.0. The van der Waals surface area contributed by atoms with Crippen LogP contribution in [0.1, 0.15) is 12.4 Å². The minimum absolute atomic E-state index is 0.0667. The van der Waals surface area contributed by atoms with Crippen LogP contribution in [0, 0.1) is 17.9 Å². The van der Waals surface area contributed by atoms with Crippen LogP contribution in [0.25, 0.3) is 142 Å². The standard InChI is InChI=1S/C62H33N5O2/c1-64-57-54(36-17-3-2-4-18-36)45(35-63)58(66-48-27-13-7-23-43(48)55-50(66)33-31-41-39-21-9-15-29-52(39)68-61(41)55)60(65-46-25-11-5-19-37(46)38-20-6-12-26-47(38)65)59(57)67-49-28-14-8-24-44(49)56-51(67)34-32-42-40-22-10-16-30-53(40)69-62(42)56/h2-34H/i2D,3D,4D,17D,18D. The van der Waals surface area contributed by atoms with Crippen molar-refractivity contribution < 1.29 is 15.7 Å². The van der Waals surface area contributed by atoms with Crippen molar-refractivity contribution in [2.75, 3.05) is 0 Å². The van der Waals surface area contributed by atoms with E-state index in [1.165, 1.54) is 0 Å². The van der Waals surface area contributed by atoms with Gasteiger partial charge in [-0.3, -0.25) is 0 Å². The molecule has 5 heterocycles. The van der Waals surface area contributed by atoms with Crippen LogP contribution in [-0.2, 0) is 0 Å². The quantitative estimate of drug-likeness (QED) is 0.165. The van der Waals surface area contributed by atoms with Gasteiger partial charge in [0.05, 0.1) is 79.9 Å². The third kappa shape index (κ3) is 4.87. The maximum absolute atomic E-state index is 12.2. The van der Waals surface area contributed by atoms with E-state index < -0.39 is 30.2 Å². The van der Waals surface area contributed by atoms with Crippen molar-refractivity contribution in [3.8, 4) is 34.3 Å². The van der Waals surface area contributed by atoms with E-state index in [-0.39, 0.29) is 22.4 Å². The Morgan fingerprint density at radius 2 is 0.855 bits per heavy atom. The van der Waals surface area contributed by atoms with Gasteiger partial charge in [-0.1, -0.05) is 139 Å². The molecule has 0 aliphatic carbocycles. The van der Waals surface area contributed by atoms with Gasteiger partial charge in [0.25, 0.3) is 0 Å². The Labute approximate surface area is 399 Å². The second kappa shape index (κ2) is 13.9. The maximum Gasteiger partial charge on any atom is 0.221 e. The van der Waals surface area contributed by atoms with Crippen LogP contribution in [-0.4, -0.2) is 13.7 Å². The summed E-state index contributed by atoms with van der Waals surface area (Å²) in [5.41, 5.74) is 7.63. The Kier molecular flexibility index (Phi) is 6.58. The van der Waals surface area contributed by atoms with Crippen LogP contribution in [0.15, 0.2) is 209 Å². The fourth-order valence-electron chi connectivity index (χ4n) is 11.3. The molecule has 7 heteroatoms. The van der Waals surface area contributed by atoms with Crippen LogP contribution < -0.4 is 0 Å². The van der Waals surface area contributed by atoms with Gasteiger partial charge in [-0.25, -0.2) is 4.85 Å². The molecular formula is C62H33N5O2. The first kappa shape index (κ1) is 32.8. The number of hydrogen-bond donors (Lipinski definition) is 0. The lowest BCUT2D eigenvalue weighted by Crippen LogP contribution is -2.13. The molecule has 0 spiro atoms. The van der Waals surface area contributed by atoms with E-state index in [0.29, 0.717) is 61.5 Å². The van der Waals surface area contributed by atoms with Gasteiger partial charge >= 0.3 is 0 Å². The summed E-state index contributed by atoms with van der Waals surface area (Å²) in [6.07, 6.45) is 0. The van der Waals surface area contributed by atoms with Crippen molar-refractivity contribution in [3.05, 3.63) is 217 Å². The fourth-order valence-corrected chi connectivity index (χ4v) is 11.3. The van der Waals surface area contributed by atoms with E-state index in [0.717, 1.165) is 64.9 Å². The van der Waals surface area contributed by atoms with Gasteiger partial charge in [-0.15, -0.1) is 0 Å². The molecule has 0 atom stereocenters. The predicted octanol–water partition coefficient (Wildman–Crippen LogP) is 16.9. The monoisotopic (exact) mass is 884 g/mol. The number of aromatic nitrogens is 3. The number of furan rings is 2. The highest BCUT2D eigenvalue weighted by molar-refractivity contribution is 6.26. The molecule has 0 unspecified atom stereocenters. The number of nitrogens with zero attached hydrogens (tertiary/aromatic N) is 5. The average molecular weight is 885 g/mol. The molecule has 0 fully saturated rings. The van der Waals surface area contributed by atoms with Crippen LogP contribution >= 0.6 is 0 Å². The van der Waals surface area contributed by atoms with E-state index >= 15 is 0 Å². The van der Waals surface area contributed by atoms with E-state index in [2.05, 4.69) is 27.6 Å². The number of benzene rings is 10. The first-order valence-corrected chi connectivity index (χ1v) is 22.5. The van der Waals surface area contributed by atoms with Crippen LogP contribution in [0.3, 0.4) is 0 Å². The van der Waals surface area contributed by atoms with E-state index in [9.17, 15) is 14.6 Å². The molecule has 0 bridgehead atoms. The van der Waals surface area contributed by atoms with Crippen molar-refractivity contribution in [1.82, 2.24) is 13.7 Å². The topological polar surface area (TPSA) is 69.2 Å². The molecule has 0 N–H and O–H groups in total. The Morgan fingerprint density at radius 3 is 1.35 bits per heavy atom. The summed E-state index contributed by atoms with van der Waals surface area (Å²) in [6, 6.07) is 55.6. The third-order valence-electron chi connectivity index (χ3n) is 14.0. The van der Waals surface area contributed by atoms with Crippen LogP contribution in [0.4, 0.5) is 5.69 Å². The highest BCUT2D eigenvalue weighted by Gasteiger charge is 2.34. The van der Waals surface area contributed by atoms with Gasteiger partial charge in [0.15, 0.2) is 0 Å². The molecule has 0 amide bonds. The summed E-state index contributed by atoms with van der Waals surface area (Å²) >= 11 is 0. The fraction of sp³-hybridized carbons (Fsp3) is 0. The maximum atomic E-state index is 12.2. The molecule has 15 aromatic rings. The lowest BCUT2D eigenvalue weighted by Gasteiger charge is -2.26. The molecule has 7 nitrogen and oxygen atoms in total. The van der Waals surface area contributed by atoms with Crippen molar-refractivity contribution in [2.45, 2.75) is 0 Å². The summed E-state index contributed by atoms with van der Waals surface area (Å²) in [5, 5.41) is 21.0. The molecule has 15 rings (SSSR count). The number of nitriles is 1. The molecule has 0 saturated heterocycles. The number of para-hydroxylation sites is 6. The lowest BCUT2D eigenvalue weighted by molar-refractivity contribution is 0.672. The van der Waals surface area contributed by atoms with Crippen molar-refractivity contribution in [3.63, 3.8) is 0 Å². The predicted molar refractivity (Wildman–Crippen MR) is 280 cm³/mol. The Bertz CT molecular complexity index is 4830. The summed E-state index contributed by atoms with van der Waals surface area (Å²) in [6.45, 7) is 9.46. The minimum atomic E-state index is -0.594. The average Bonchev–Trinajstić information content (AvgIpc) is 4.25. The van der Waals surface area contributed by atoms with Gasteiger partial charge in [0, 0.05) is 48.7 Å². The second-order valence-electron chi connectivity index (χ2n) is 17.3. The zero-order valence-corrected chi connectivity index (χ0v) is 36.2. The SMILES string of the molecule is [2H]c1c([2H])c([2H])c(-c2c(C#N)c(-n3c4ccccc4c4c5oc6ccccc6c5ccc43)c(-n3c4ccccc4c4ccccc43)c(-n3c4ccccc4c4c5oc6ccccc6c5ccc43)c2[N+]#[C-])c([2H])c1[2H]. The molecule has 10 aromatic carbocycles. The molecule has 0 radical (unpaired) electrons. The normalized spacial score (nSPS) is 13.0. The molecule has 0 saturated carbocycles. The van der Waals surface area contributed by atoms with Crippen LogP contribution in [0.2, 0.25) is 0 Å². The van der Waals surface area contributed by atoms with Crippen molar-refractivity contribution in [1.29, 1.82) is 5.26 Å². The zero-order valence-electron chi connectivity index (χ0n) is 41.2. The molecular weight excluding hydrogens is 847 g/mol. The van der Waals surface area contributed by atoms with Gasteiger partial charge in [0.1, 0.15) is 28.4 Å². The molecule has 0 aliphatic rings. The van der Waals surface area contributed by atoms with Crippen molar-refractivity contribution >= 4 is 115 Å². The summed E-state index contributed by atoms with van der Waals surface area (Å²) < 4.78 is 65.8. The number of rotatable bonds is 4. The first-order chi connectivity index (χ1) is 36.3. The molecule has 5 aromatic heterocycles. The smallest absolute Gasteiger partial charge is 0.221 e. The largest absolute Gasteiger partial charge is 0.455 e. The summed E-state index contributed by atoms with van der Waals surface area (Å²) in [7, 11) is 0.